The molecular weight excluding hydrogens is 340 g/mol. The second-order valence-corrected chi connectivity index (χ2v) is 5.93. The summed E-state index contributed by atoms with van der Waals surface area (Å²) in [4.78, 5) is 12.2. The highest BCUT2D eigenvalue weighted by atomic mass is 79.9. The fourth-order valence-electron chi connectivity index (χ4n) is 1.94. The summed E-state index contributed by atoms with van der Waals surface area (Å²) in [7, 11) is 0. The Bertz CT molecular complexity index is 653. The number of halogens is 2. The van der Waals surface area contributed by atoms with Gasteiger partial charge in [-0.05, 0) is 37.6 Å². The number of carbonyl (C=O) groups is 1. The van der Waals surface area contributed by atoms with Crippen molar-refractivity contribution in [2.75, 3.05) is 6.61 Å². The summed E-state index contributed by atoms with van der Waals surface area (Å²) in [6.07, 6.45) is 0. The molecule has 2 rings (SSSR count). The number of hydrogen-bond donors (Lipinski definition) is 0. The predicted octanol–water partition coefficient (Wildman–Crippen LogP) is 4.98. The minimum Gasteiger partial charge on any atom is -0.484 e. The van der Waals surface area contributed by atoms with E-state index in [1.54, 1.807) is 12.1 Å². The lowest BCUT2D eigenvalue weighted by Gasteiger charge is -2.09. The maximum atomic E-state index is 12.2. The lowest BCUT2D eigenvalue weighted by Crippen LogP contribution is -2.13. The third-order valence-corrected chi connectivity index (χ3v) is 3.72. The van der Waals surface area contributed by atoms with Gasteiger partial charge >= 0.3 is 0 Å². The highest BCUT2D eigenvalue weighted by Crippen LogP contribution is 2.27. The van der Waals surface area contributed by atoms with Gasteiger partial charge < -0.3 is 4.74 Å². The quantitative estimate of drug-likeness (QED) is 0.725. The Morgan fingerprint density at radius 1 is 1.20 bits per heavy atom. The van der Waals surface area contributed by atoms with Crippen molar-refractivity contribution in [2.24, 2.45) is 0 Å². The van der Waals surface area contributed by atoms with Crippen LogP contribution in [0.2, 0.25) is 5.02 Å². The van der Waals surface area contributed by atoms with Gasteiger partial charge in [-0.25, -0.2) is 0 Å². The second-order valence-electron chi connectivity index (χ2n) is 4.60. The molecular formula is C16H14BrClO2. The molecule has 4 heteroatoms. The summed E-state index contributed by atoms with van der Waals surface area (Å²) >= 11 is 9.37. The first-order chi connectivity index (χ1) is 9.47. The SMILES string of the molecule is Cc1ccc(C(=O)COc2ccc(Br)cc2Cl)c(C)c1. The predicted molar refractivity (Wildman–Crippen MR) is 84.9 cm³/mol. The van der Waals surface area contributed by atoms with Crippen LogP contribution in [0.1, 0.15) is 21.5 Å². The Hall–Kier alpha value is -1.32. The van der Waals surface area contributed by atoms with Gasteiger partial charge in [0, 0.05) is 10.0 Å². The van der Waals surface area contributed by atoms with E-state index in [-0.39, 0.29) is 12.4 Å². The number of carbonyl (C=O) groups excluding carboxylic acids is 1. The Morgan fingerprint density at radius 2 is 1.95 bits per heavy atom. The van der Waals surface area contributed by atoms with Crippen molar-refractivity contribution in [3.8, 4) is 5.75 Å². The molecule has 0 aliphatic carbocycles. The Labute approximate surface area is 131 Å². The van der Waals surface area contributed by atoms with E-state index in [1.807, 2.05) is 38.1 Å². The van der Waals surface area contributed by atoms with Gasteiger partial charge in [-0.2, -0.15) is 0 Å². The second kappa shape index (κ2) is 6.42. The molecule has 0 saturated carbocycles. The number of hydrogen-bond acceptors (Lipinski definition) is 2. The third kappa shape index (κ3) is 3.62. The molecule has 0 aromatic heterocycles. The van der Waals surface area contributed by atoms with Crippen molar-refractivity contribution in [2.45, 2.75) is 13.8 Å². The van der Waals surface area contributed by atoms with E-state index in [0.717, 1.165) is 15.6 Å². The average molecular weight is 354 g/mol. The number of rotatable bonds is 4. The molecule has 0 amide bonds. The van der Waals surface area contributed by atoms with Crippen molar-refractivity contribution in [1.29, 1.82) is 0 Å². The zero-order valence-corrected chi connectivity index (χ0v) is 13.6. The molecule has 0 aliphatic rings. The van der Waals surface area contributed by atoms with E-state index in [4.69, 9.17) is 16.3 Å². The zero-order chi connectivity index (χ0) is 14.7. The molecule has 0 saturated heterocycles. The summed E-state index contributed by atoms with van der Waals surface area (Å²) in [6.45, 7) is 3.90. The lowest BCUT2D eigenvalue weighted by molar-refractivity contribution is 0.0921. The van der Waals surface area contributed by atoms with Gasteiger partial charge in [0.15, 0.2) is 12.4 Å². The monoisotopic (exact) mass is 352 g/mol. The maximum absolute atomic E-state index is 12.2. The fraction of sp³-hybridized carbons (Fsp3) is 0.188. The number of benzene rings is 2. The normalized spacial score (nSPS) is 10.4. The molecule has 0 spiro atoms. The molecule has 104 valence electrons. The van der Waals surface area contributed by atoms with Crippen LogP contribution in [0.5, 0.6) is 5.75 Å². The molecule has 0 bridgehead atoms. The summed E-state index contributed by atoms with van der Waals surface area (Å²) in [6, 6.07) is 11.0. The van der Waals surface area contributed by atoms with E-state index in [2.05, 4.69) is 15.9 Å². The number of aryl methyl sites for hydroxylation is 2. The first kappa shape index (κ1) is 15.1. The number of ether oxygens (including phenoxy) is 1. The van der Waals surface area contributed by atoms with Crippen LogP contribution in [-0.4, -0.2) is 12.4 Å². The van der Waals surface area contributed by atoms with Crippen LogP contribution in [0.25, 0.3) is 0 Å². The van der Waals surface area contributed by atoms with Crippen LogP contribution in [0, 0.1) is 13.8 Å². The topological polar surface area (TPSA) is 26.3 Å². The van der Waals surface area contributed by atoms with Crippen LogP contribution < -0.4 is 4.74 Å². The van der Waals surface area contributed by atoms with E-state index in [0.29, 0.717) is 16.3 Å². The first-order valence-corrected chi connectivity index (χ1v) is 7.33. The van der Waals surface area contributed by atoms with Crippen LogP contribution in [-0.2, 0) is 0 Å². The van der Waals surface area contributed by atoms with Gasteiger partial charge in [-0.1, -0.05) is 51.3 Å². The molecule has 0 N–H and O–H groups in total. The highest BCUT2D eigenvalue weighted by molar-refractivity contribution is 9.10. The van der Waals surface area contributed by atoms with E-state index < -0.39 is 0 Å². The van der Waals surface area contributed by atoms with Crippen molar-refractivity contribution in [3.63, 3.8) is 0 Å². The van der Waals surface area contributed by atoms with Crippen molar-refractivity contribution >= 4 is 33.3 Å². The van der Waals surface area contributed by atoms with Crippen LogP contribution >= 0.6 is 27.5 Å². The van der Waals surface area contributed by atoms with Gasteiger partial charge in [-0.15, -0.1) is 0 Å². The van der Waals surface area contributed by atoms with Crippen molar-refractivity contribution in [1.82, 2.24) is 0 Å². The van der Waals surface area contributed by atoms with Gasteiger partial charge in [0.2, 0.25) is 0 Å². The highest BCUT2D eigenvalue weighted by Gasteiger charge is 2.11. The smallest absolute Gasteiger partial charge is 0.200 e. The Kier molecular flexibility index (Phi) is 4.84. The zero-order valence-electron chi connectivity index (χ0n) is 11.2. The van der Waals surface area contributed by atoms with E-state index in [1.165, 1.54) is 0 Å². The minimum atomic E-state index is -0.0542. The summed E-state index contributed by atoms with van der Waals surface area (Å²) in [5, 5.41) is 0.479. The van der Waals surface area contributed by atoms with Gasteiger partial charge in [0.25, 0.3) is 0 Å². The first-order valence-electron chi connectivity index (χ1n) is 6.15. The molecule has 0 aliphatic heterocycles. The summed E-state index contributed by atoms with van der Waals surface area (Å²) in [5.74, 6) is 0.453. The molecule has 2 nitrogen and oxygen atoms in total. The van der Waals surface area contributed by atoms with Crippen molar-refractivity contribution in [3.05, 3.63) is 62.6 Å². The largest absolute Gasteiger partial charge is 0.484 e. The molecule has 20 heavy (non-hydrogen) atoms. The minimum absolute atomic E-state index is 0.0226. The van der Waals surface area contributed by atoms with Crippen LogP contribution in [0.3, 0.4) is 0 Å². The van der Waals surface area contributed by atoms with Crippen LogP contribution in [0.4, 0.5) is 0 Å². The van der Waals surface area contributed by atoms with Gasteiger partial charge in [0.1, 0.15) is 5.75 Å². The molecule has 0 fully saturated rings. The Balaban J connectivity index is 2.08. The standard InChI is InChI=1S/C16H14BrClO2/c1-10-3-5-13(11(2)7-10)15(19)9-20-16-6-4-12(17)8-14(16)18/h3-8H,9H2,1-2H3. The maximum Gasteiger partial charge on any atom is 0.200 e. The molecule has 2 aromatic carbocycles. The lowest BCUT2D eigenvalue weighted by atomic mass is 10.0. The number of ketones is 1. The molecule has 0 heterocycles. The van der Waals surface area contributed by atoms with Crippen molar-refractivity contribution < 1.29 is 9.53 Å². The van der Waals surface area contributed by atoms with Crippen LogP contribution in [0.15, 0.2) is 40.9 Å². The summed E-state index contributed by atoms with van der Waals surface area (Å²) in [5.41, 5.74) is 2.78. The molecule has 2 aromatic rings. The van der Waals surface area contributed by atoms with E-state index in [9.17, 15) is 4.79 Å². The average Bonchev–Trinajstić information content (AvgIpc) is 2.37. The molecule has 0 atom stereocenters. The molecule has 0 unspecified atom stereocenters. The summed E-state index contributed by atoms with van der Waals surface area (Å²) < 4.78 is 6.36. The van der Waals surface area contributed by atoms with Gasteiger partial charge in [-0.3, -0.25) is 4.79 Å². The molecule has 0 radical (unpaired) electrons. The van der Waals surface area contributed by atoms with Gasteiger partial charge in [0.05, 0.1) is 5.02 Å². The fourth-order valence-corrected chi connectivity index (χ4v) is 2.67. The van der Waals surface area contributed by atoms with E-state index >= 15 is 0 Å². The third-order valence-electron chi connectivity index (χ3n) is 2.94. The Morgan fingerprint density at radius 3 is 2.60 bits per heavy atom. The number of Topliss-reactive ketones (excluding diaryl/α,β-unsaturated/α-hetero) is 1.